The highest BCUT2D eigenvalue weighted by Gasteiger charge is 2.03. The molecule has 2 aromatic rings. The van der Waals surface area contributed by atoms with E-state index in [1.165, 1.54) is 0 Å². The van der Waals surface area contributed by atoms with Crippen LogP contribution >= 0.6 is 34.8 Å². The molecule has 0 aromatic heterocycles. The van der Waals surface area contributed by atoms with Gasteiger partial charge < -0.3 is 10.1 Å². The normalized spacial score (nSPS) is 10.5. The number of ether oxygens (including phenoxy) is 1. The van der Waals surface area contributed by atoms with Gasteiger partial charge in [0.15, 0.2) is 0 Å². The number of benzene rings is 2. The lowest BCUT2D eigenvalue weighted by Crippen LogP contribution is -2.06. The lowest BCUT2D eigenvalue weighted by molar-refractivity contribution is 0.308. The first kappa shape index (κ1) is 17.3. The average Bonchev–Trinajstić information content (AvgIpc) is 2.48. The van der Waals surface area contributed by atoms with Gasteiger partial charge in [-0.15, -0.1) is 0 Å². The van der Waals surface area contributed by atoms with Crippen LogP contribution in [0.25, 0.3) is 0 Å². The van der Waals surface area contributed by atoms with Crippen molar-refractivity contribution in [3.05, 3.63) is 57.0 Å². The molecule has 0 unspecified atom stereocenters. The zero-order valence-electron chi connectivity index (χ0n) is 12.3. The zero-order valence-corrected chi connectivity index (χ0v) is 14.6. The van der Waals surface area contributed by atoms with Crippen LogP contribution in [0.2, 0.25) is 15.1 Å². The third kappa shape index (κ3) is 4.98. The summed E-state index contributed by atoms with van der Waals surface area (Å²) in [5, 5.41) is 5.32. The molecular weight excluding hydrogens is 341 g/mol. The first-order chi connectivity index (χ1) is 10.6. The lowest BCUT2D eigenvalue weighted by Gasteiger charge is -2.11. The molecule has 2 nitrogen and oxygen atoms in total. The number of unbranched alkanes of at least 4 members (excludes halogenated alkanes) is 1. The maximum atomic E-state index is 6.09. The quantitative estimate of drug-likeness (QED) is 0.593. The van der Waals surface area contributed by atoms with Gasteiger partial charge in [0.1, 0.15) is 5.75 Å². The summed E-state index contributed by atoms with van der Waals surface area (Å²) in [5.74, 6) is 0.671. The third-order valence-electron chi connectivity index (χ3n) is 3.31. The van der Waals surface area contributed by atoms with Crippen LogP contribution in [-0.2, 0) is 0 Å². The highest BCUT2D eigenvalue weighted by atomic mass is 35.5. The molecule has 0 aliphatic carbocycles. The molecule has 2 aromatic carbocycles. The minimum absolute atomic E-state index is 0.542. The Hall–Kier alpha value is -1.09. The van der Waals surface area contributed by atoms with Crippen molar-refractivity contribution in [3.8, 4) is 5.75 Å². The molecule has 0 spiro atoms. The molecule has 0 bridgehead atoms. The van der Waals surface area contributed by atoms with Crippen molar-refractivity contribution in [1.29, 1.82) is 0 Å². The van der Waals surface area contributed by atoms with Crippen LogP contribution in [-0.4, -0.2) is 13.2 Å². The predicted octanol–water partition coefficient (Wildman–Crippen LogP) is 6.23. The highest BCUT2D eigenvalue weighted by molar-refractivity contribution is 6.35. The van der Waals surface area contributed by atoms with Crippen molar-refractivity contribution < 1.29 is 4.74 Å². The Morgan fingerprint density at radius 2 is 1.82 bits per heavy atom. The topological polar surface area (TPSA) is 21.3 Å². The summed E-state index contributed by atoms with van der Waals surface area (Å²) < 4.78 is 5.65. The van der Waals surface area contributed by atoms with E-state index in [-0.39, 0.29) is 0 Å². The summed E-state index contributed by atoms with van der Waals surface area (Å²) in [4.78, 5) is 0. The standard InChI is InChI=1S/C17H18Cl3NO/c1-12-14(19)5-4-6-16(12)21-9-2-3-10-22-17-8-7-13(18)11-15(17)20/h4-8,11,21H,2-3,9-10H2,1H3. The fraction of sp³-hybridized carbons (Fsp3) is 0.294. The van der Waals surface area contributed by atoms with E-state index >= 15 is 0 Å². The van der Waals surface area contributed by atoms with Gasteiger partial charge in [-0.1, -0.05) is 40.9 Å². The maximum absolute atomic E-state index is 6.09. The second-order valence-electron chi connectivity index (χ2n) is 4.97. The number of halogens is 3. The Morgan fingerprint density at radius 1 is 1.00 bits per heavy atom. The van der Waals surface area contributed by atoms with E-state index < -0.39 is 0 Å². The first-order valence-electron chi connectivity index (χ1n) is 7.15. The van der Waals surface area contributed by atoms with Crippen LogP contribution in [0, 0.1) is 6.92 Å². The van der Waals surface area contributed by atoms with Gasteiger partial charge in [-0.2, -0.15) is 0 Å². The largest absolute Gasteiger partial charge is 0.492 e. The van der Waals surface area contributed by atoms with Crippen molar-refractivity contribution >= 4 is 40.5 Å². The van der Waals surface area contributed by atoms with Crippen molar-refractivity contribution in [2.24, 2.45) is 0 Å². The fourth-order valence-electron chi connectivity index (χ4n) is 2.02. The van der Waals surface area contributed by atoms with Crippen LogP contribution in [0.5, 0.6) is 5.75 Å². The molecule has 1 N–H and O–H groups in total. The number of hydrogen-bond donors (Lipinski definition) is 1. The molecule has 0 radical (unpaired) electrons. The van der Waals surface area contributed by atoms with Crippen molar-refractivity contribution in [2.75, 3.05) is 18.5 Å². The molecule has 0 amide bonds. The summed E-state index contributed by atoms with van der Waals surface area (Å²) in [6.45, 7) is 3.51. The van der Waals surface area contributed by atoms with Gasteiger partial charge in [0.25, 0.3) is 0 Å². The minimum Gasteiger partial charge on any atom is -0.492 e. The van der Waals surface area contributed by atoms with E-state index in [0.717, 1.165) is 35.7 Å². The summed E-state index contributed by atoms with van der Waals surface area (Å²) in [6, 6.07) is 11.1. The Kier molecular flexibility index (Phi) is 6.69. The SMILES string of the molecule is Cc1c(Cl)cccc1NCCCCOc1ccc(Cl)cc1Cl. The molecule has 0 aliphatic rings. The smallest absolute Gasteiger partial charge is 0.137 e. The molecular formula is C17H18Cl3NO. The van der Waals surface area contributed by atoms with Gasteiger partial charge in [-0.05, 0) is 55.7 Å². The van der Waals surface area contributed by atoms with E-state index in [1.54, 1.807) is 18.2 Å². The summed E-state index contributed by atoms with van der Waals surface area (Å²) >= 11 is 18.0. The number of anilines is 1. The predicted molar refractivity (Wildman–Crippen MR) is 95.9 cm³/mol. The molecule has 22 heavy (non-hydrogen) atoms. The second kappa shape index (κ2) is 8.52. The zero-order chi connectivity index (χ0) is 15.9. The van der Waals surface area contributed by atoms with Gasteiger partial charge in [0.2, 0.25) is 0 Å². The van der Waals surface area contributed by atoms with Crippen LogP contribution in [0.1, 0.15) is 18.4 Å². The maximum Gasteiger partial charge on any atom is 0.137 e. The lowest BCUT2D eigenvalue weighted by atomic mass is 10.2. The number of nitrogens with one attached hydrogen (secondary N) is 1. The van der Waals surface area contributed by atoms with Crippen LogP contribution in [0.4, 0.5) is 5.69 Å². The van der Waals surface area contributed by atoms with Gasteiger partial charge in [0, 0.05) is 22.3 Å². The summed E-state index contributed by atoms with van der Waals surface area (Å²) in [7, 11) is 0. The van der Waals surface area contributed by atoms with E-state index in [0.29, 0.717) is 22.4 Å². The Bertz CT molecular complexity index is 631. The van der Waals surface area contributed by atoms with E-state index in [9.17, 15) is 0 Å². The van der Waals surface area contributed by atoms with E-state index in [4.69, 9.17) is 39.5 Å². The molecule has 0 heterocycles. The van der Waals surface area contributed by atoms with Gasteiger partial charge >= 0.3 is 0 Å². The van der Waals surface area contributed by atoms with Gasteiger partial charge in [-0.25, -0.2) is 0 Å². The Balaban J connectivity index is 1.68. The van der Waals surface area contributed by atoms with Crippen molar-refractivity contribution in [3.63, 3.8) is 0 Å². The van der Waals surface area contributed by atoms with Gasteiger partial charge in [-0.3, -0.25) is 0 Å². The van der Waals surface area contributed by atoms with Crippen LogP contribution < -0.4 is 10.1 Å². The molecule has 0 fully saturated rings. The first-order valence-corrected chi connectivity index (χ1v) is 8.28. The summed E-state index contributed by atoms with van der Waals surface area (Å²) in [6.07, 6.45) is 1.93. The molecule has 0 aliphatic heterocycles. The minimum atomic E-state index is 0.542. The molecule has 0 saturated carbocycles. The average molecular weight is 359 g/mol. The second-order valence-corrected chi connectivity index (χ2v) is 6.22. The van der Waals surface area contributed by atoms with Gasteiger partial charge in [0.05, 0.1) is 11.6 Å². The Labute approximate surface area is 146 Å². The third-order valence-corrected chi connectivity index (χ3v) is 4.25. The molecule has 0 atom stereocenters. The number of hydrogen-bond acceptors (Lipinski definition) is 2. The van der Waals surface area contributed by atoms with E-state index in [1.807, 2.05) is 25.1 Å². The monoisotopic (exact) mass is 357 g/mol. The van der Waals surface area contributed by atoms with Crippen LogP contribution in [0.15, 0.2) is 36.4 Å². The molecule has 118 valence electrons. The fourth-order valence-corrected chi connectivity index (χ4v) is 2.66. The number of rotatable bonds is 7. The van der Waals surface area contributed by atoms with Crippen LogP contribution in [0.3, 0.4) is 0 Å². The molecule has 0 saturated heterocycles. The summed E-state index contributed by atoms with van der Waals surface area (Å²) in [5.41, 5.74) is 2.16. The van der Waals surface area contributed by atoms with E-state index in [2.05, 4.69) is 5.32 Å². The highest BCUT2D eigenvalue weighted by Crippen LogP contribution is 2.27. The molecule has 2 rings (SSSR count). The van der Waals surface area contributed by atoms with Crippen molar-refractivity contribution in [2.45, 2.75) is 19.8 Å². The van der Waals surface area contributed by atoms with Crippen molar-refractivity contribution in [1.82, 2.24) is 0 Å². The Morgan fingerprint density at radius 3 is 2.59 bits per heavy atom. The molecule has 5 heteroatoms.